The number of hydroxylamine groups is 1. The van der Waals surface area contributed by atoms with E-state index in [1.807, 2.05) is 12.1 Å². The van der Waals surface area contributed by atoms with Crippen molar-refractivity contribution in [2.24, 2.45) is 0 Å². The molecule has 0 bridgehead atoms. The fourth-order valence-corrected chi connectivity index (χ4v) is 3.14. The van der Waals surface area contributed by atoms with Crippen molar-refractivity contribution < 1.29 is 14.8 Å². The number of amides is 1. The maximum atomic E-state index is 12.2. The second-order valence-electron chi connectivity index (χ2n) is 6.47. The van der Waals surface area contributed by atoms with Gasteiger partial charge >= 0.3 is 0 Å². The summed E-state index contributed by atoms with van der Waals surface area (Å²) in [6, 6.07) is 8.01. The Kier molecular flexibility index (Phi) is 7.75. The van der Waals surface area contributed by atoms with E-state index in [1.165, 1.54) is 24.9 Å². The molecule has 0 unspecified atom stereocenters. The molecule has 0 atom stereocenters. The van der Waals surface area contributed by atoms with Crippen molar-refractivity contribution in [2.75, 3.05) is 18.0 Å². The summed E-state index contributed by atoms with van der Waals surface area (Å²) in [6.45, 7) is 2.23. The molecule has 1 heterocycles. The predicted molar refractivity (Wildman–Crippen MR) is 94.5 cm³/mol. The van der Waals surface area contributed by atoms with E-state index in [0.717, 1.165) is 44.3 Å². The van der Waals surface area contributed by atoms with Gasteiger partial charge in [-0.05, 0) is 56.4 Å². The molecular weight excluding hydrogens is 304 g/mol. The molecular formula is C19H28N2O3. The Morgan fingerprint density at radius 1 is 0.917 bits per heavy atom. The molecule has 1 amide bonds. The Hall–Kier alpha value is -1.88. The third-order valence-electron chi connectivity index (χ3n) is 4.59. The van der Waals surface area contributed by atoms with Gasteiger partial charge in [-0.2, -0.15) is 0 Å². The van der Waals surface area contributed by atoms with Gasteiger partial charge in [-0.3, -0.25) is 14.8 Å². The monoisotopic (exact) mass is 332 g/mol. The number of piperidine rings is 1. The zero-order valence-corrected chi connectivity index (χ0v) is 14.3. The van der Waals surface area contributed by atoms with Gasteiger partial charge in [0.05, 0.1) is 0 Å². The number of hydrogen-bond donors (Lipinski definition) is 2. The van der Waals surface area contributed by atoms with Crippen LogP contribution in [0.1, 0.15) is 68.1 Å². The average Bonchev–Trinajstić information content (AvgIpc) is 2.65. The number of Topliss-reactive ketones (excluding diaryl/α,β-unsaturated/α-hetero) is 1. The molecule has 24 heavy (non-hydrogen) atoms. The van der Waals surface area contributed by atoms with Gasteiger partial charge in [0.15, 0.2) is 5.78 Å². The van der Waals surface area contributed by atoms with Gasteiger partial charge < -0.3 is 4.90 Å². The smallest absolute Gasteiger partial charge is 0.243 e. The van der Waals surface area contributed by atoms with Crippen LogP contribution in [0, 0.1) is 0 Å². The number of hydrogen-bond acceptors (Lipinski definition) is 4. The largest absolute Gasteiger partial charge is 0.372 e. The molecule has 1 aromatic rings. The van der Waals surface area contributed by atoms with Gasteiger partial charge in [0, 0.05) is 37.2 Å². The van der Waals surface area contributed by atoms with Crippen LogP contribution in [0.15, 0.2) is 24.3 Å². The molecule has 0 spiro atoms. The Morgan fingerprint density at radius 3 is 2.17 bits per heavy atom. The summed E-state index contributed by atoms with van der Waals surface area (Å²) < 4.78 is 0. The molecule has 2 N–H and O–H groups in total. The van der Waals surface area contributed by atoms with Crippen LogP contribution in [0.4, 0.5) is 5.69 Å². The first kappa shape index (κ1) is 18.5. The highest BCUT2D eigenvalue weighted by Crippen LogP contribution is 2.21. The first-order valence-corrected chi connectivity index (χ1v) is 9.02. The van der Waals surface area contributed by atoms with Gasteiger partial charge in [-0.1, -0.05) is 12.8 Å². The number of ketones is 1. The van der Waals surface area contributed by atoms with Crippen molar-refractivity contribution in [1.29, 1.82) is 0 Å². The van der Waals surface area contributed by atoms with Crippen molar-refractivity contribution in [3.05, 3.63) is 29.8 Å². The second kappa shape index (κ2) is 10.1. The summed E-state index contributed by atoms with van der Waals surface area (Å²) in [7, 11) is 0. The van der Waals surface area contributed by atoms with Crippen LogP contribution in [-0.4, -0.2) is 30.0 Å². The number of rotatable bonds is 9. The van der Waals surface area contributed by atoms with Crippen LogP contribution in [0.25, 0.3) is 0 Å². The summed E-state index contributed by atoms with van der Waals surface area (Å²) in [4.78, 5) is 25.5. The summed E-state index contributed by atoms with van der Waals surface area (Å²) in [5.41, 5.74) is 3.63. The van der Waals surface area contributed by atoms with Crippen molar-refractivity contribution in [3.63, 3.8) is 0 Å². The molecule has 0 aromatic heterocycles. The van der Waals surface area contributed by atoms with Crippen LogP contribution in [0.5, 0.6) is 0 Å². The van der Waals surface area contributed by atoms with Crippen molar-refractivity contribution >= 4 is 17.4 Å². The van der Waals surface area contributed by atoms with Gasteiger partial charge in [0.1, 0.15) is 0 Å². The topological polar surface area (TPSA) is 69.6 Å². The number of nitrogens with one attached hydrogen (secondary N) is 1. The molecule has 0 radical (unpaired) electrons. The lowest BCUT2D eigenvalue weighted by Crippen LogP contribution is -2.29. The minimum atomic E-state index is -0.347. The minimum Gasteiger partial charge on any atom is -0.372 e. The van der Waals surface area contributed by atoms with Crippen molar-refractivity contribution in [1.82, 2.24) is 5.48 Å². The fourth-order valence-electron chi connectivity index (χ4n) is 3.14. The molecule has 0 aliphatic carbocycles. The molecule has 1 aromatic carbocycles. The number of nitrogens with zero attached hydrogens (tertiary/aromatic N) is 1. The average molecular weight is 332 g/mol. The summed E-state index contributed by atoms with van der Waals surface area (Å²) in [5.74, 6) is -0.159. The third kappa shape index (κ3) is 5.96. The molecule has 0 saturated carbocycles. The lowest BCUT2D eigenvalue weighted by molar-refractivity contribution is -0.129. The number of anilines is 1. The van der Waals surface area contributed by atoms with E-state index in [4.69, 9.17) is 5.21 Å². The molecule has 1 fully saturated rings. The lowest BCUT2D eigenvalue weighted by atomic mass is 10.0. The van der Waals surface area contributed by atoms with Crippen molar-refractivity contribution in [2.45, 2.75) is 57.8 Å². The summed E-state index contributed by atoms with van der Waals surface area (Å²) in [6.07, 6.45) is 8.11. The minimum absolute atomic E-state index is 0.188. The second-order valence-corrected chi connectivity index (χ2v) is 6.47. The van der Waals surface area contributed by atoms with Crippen LogP contribution in [0.2, 0.25) is 0 Å². The van der Waals surface area contributed by atoms with E-state index in [2.05, 4.69) is 17.0 Å². The highest BCUT2D eigenvalue weighted by molar-refractivity contribution is 5.96. The van der Waals surface area contributed by atoms with Gasteiger partial charge in [0.25, 0.3) is 0 Å². The van der Waals surface area contributed by atoms with E-state index in [1.54, 1.807) is 5.48 Å². The first-order valence-electron chi connectivity index (χ1n) is 9.02. The Bertz CT molecular complexity index is 522. The zero-order chi connectivity index (χ0) is 17.2. The Morgan fingerprint density at radius 2 is 1.54 bits per heavy atom. The molecule has 2 rings (SSSR count). The quantitative estimate of drug-likeness (QED) is 0.313. The standard InChI is InChI=1S/C19H28N2O3/c22-18(8-4-1-2-5-9-19(23)20-24)16-10-12-17(13-11-16)21-14-6-3-7-15-21/h10-13,24H,1-9,14-15H2,(H,20,23). The van der Waals surface area contributed by atoms with Gasteiger partial charge in [0.2, 0.25) is 5.91 Å². The third-order valence-corrected chi connectivity index (χ3v) is 4.59. The SMILES string of the molecule is O=C(CCCCCCC(=O)c1ccc(N2CCCCC2)cc1)NO. The van der Waals surface area contributed by atoms with Crippen LogP contribution in [-0.2, 0) is 4.79 Å². The Labute approximate surface area is 144 Å². The van der Waals surface area contributed by atoms with Crippen LogP contribution in [0.3, 0.4) is 0 Å². The molecule has 5 heteroatoms. The number of carbonyl (C=O) groups excluding carboxylic acids is 2. The number of benzene rings is 1. The van der Waals surface area contributed by atoms with Gasteiger partial charge in [-0.25, -0.2) is 5.48 Å². The summed E-state index contributed by atoms with van der Waals surface area (Å²) >= 11 is 0. The normalized spacial score (nSPS) is 14.5. The van der Waals surface area contributed by atoms with E-state index < -0.39 is 0 Å². The number of unbranched alkanes of at least 4 members (excludes halogenated alkanes) is 3. The van der Waals surface area contributed by atoms with Gasteiger partial charge in [-0.15, -0.1) is 0 Å². The zero-order valence-electron chi connectivity index (χ0n) is 14.3. The molecule has 5 nitrogen and oxygen atoms in total. The molecule has 132 valence electrons. The van der Waals surface area contributed by atoms with Crippen molar-refractivity contribution in [3.8, 4) is 0 Å². The van der Waals surface area contributed by atoms with Crippen LogP contribution < -0.4 is 10.4 Å². The van der Waals surface area contributed by atoms with E-state index in [0.29, 0.717) is 12.8 Å². The maximum Gasteiger partial charge on any atom is 0.243 e. The maximum absolute atomic E-state index is 12.2. The molecule has 1 aliphatic rings. The highest BCUT2D eigenvalue weighted by Gasteiger charge is 2.12. The van der Waals surface area contributed by atoms with E-state index in [-0.39, 0.29) is 11.7 Å². The molecule has 1 aliphatic heterocycles. The first-order chi connectivity index (χ1) is 11.7. The van der Waals surface area contributed by atoms with E-state index in [9.17, 15) is 9.59 Å². The predicted octanol–water partition coefficient (Wildman–Crippen LogP) is 3.71. The van der Waals surface area contributed by atoms with E-state index >= 15 is 0 Å². The number of carbonyl (C=O) groups is 2. The lowest BCUT2D eigenvalue weighted by Gasteiger charge is -2.28. The Balaban J connectivity index is 1.67. The highest BCUT2D eigenvalue weighted by atomic mass is 16.5. The molecule has 1 saturated heterocycles. The fraction of sp³-hybridized carbons (Fsp3) is 0.579. The summed E-state index contributed by atoms with van der Waals surface area (Å²) in [5, 5.41) is 8.39. The van der Waals surface area contributed by atoms with Crippen LogP contribution >= 0.6 is 0 Å².